The number of benzene rings is 3. The molecule has 1 aliphatic rings. The lowest BCUT2D eigenvalue weighted by Gasteiger charge is -2.30. The van der Waals surface area contributed by atoms with Gasteiger partial charge >= 0.3 is 11.9 Å². The van der Waals surface area contributed by atoms with Gasteiger partial charge in [-0.3, -0.25) is 0 Å². The maximum atomic E-state index is 13.5. The van der Waals surface area contributed by atoms with E-state index in [9.17, 15) is 9.59 Å². The van der Waals surface area contributed by atoms with Crippen molar-refractivity contribution in [1.29, 1.82) is 0 Å². The van der Waals surface area contributed by atoms with E-state index in [1.807, 2.05) is 85.1 Å². The minimum Gasteiger partial charge on any atom is -0.489 e. The molecular weight excluding hydrogens is 578 g/mol. The zero-order chi connectivity index (χ0) is 31.2. The van der Waals surface area contributed by atoms with Gasteiger partial charge in [-0.2, -0.15) is 5.10 Å². The van der Waals surface area contributed by atoms with Crippen LogP contribution in [0.5, 0.6) is 5.75 Å². The molecule has 1 aromatic heterocycles. The van der Waals surface area contributed by atoms with Crippen LogP contribution in [0.3, 0.4) is 0 Å². The number of ether oxygens (including phenoxy) is 3. The summed E-state index contributed by atoms with van der Waals surface area (Å²) in [6.07, 6.45) is 1.86. The van der Waals surface area contributed by atoms with E-state index in [2.05, 4.69) is 5.32 Å². The third-order valence-electron chi connectivity index (χ3n) is 7.31. The summed E-state index contributed by atoms with van der Waals surface area (Å²) in [6.45, 7) is 7.80. The van der Waals surface area contributed by atoms with Crippen molar-refractivity contribution >= 4 is 23.5 Å². The van der Waals surface area contributed by atoms with Crippen molar-refractivity contribution in [3.05, 3.63) is 124 Å². The van der Waals surface area contributed by atoms with Gasteiger partial charge in [-0.25, -0.2) is 14.3 Å². The third kappa shape index (κ3) is 6.40. The number of carbonyl (C=O) groups is 2. The first-order chi connectivity index (χ1) is 21.3. The van der Waals surface area contributed by atoms with Crippen molar-refractivity contribution in [3.8, 4) is 22.7 Å². The summed E-state index contributed by atoms with van der Waals surface area (Å²) in [6, 6.07) is 24.7. The summed E-state index contributed by atoms with van der Waals surface area (Å²) >= 11 is 6.30. The van der Waals surface area contributed by atoms with Crippen molar-refractivity contribution in [3.63, 3.8) is 0 Å². The topological polar surface area (TPSA) is 91.7 Å². The van der Waals surface area contributed by atoms with Gasteiger partial charge in [0.25, 0.3) is 0 Å². The maximum absolute atomic E-state index is 13.5. The second-order valence-corrected chi connectivity index (χ2v) is 10.6. The highest BCUT2D eigenvalue weighted by atomic mass is 35.5. The summed E-state index contributed by atoms with van der Waals surface area (Å²) in [4.78, 5) is 26.9. The molecule has 0 fully saturated rings. The molecule has 1 aliphatic heterocycles. The van der Waals surface area contributed by atoms with Crippen molar-refractivity contribution in [2.24, 2.45) is 0 Å². The smallest absolute Gasteiger partial charge is 0.336 e. The first kappa shape index (κ1) is 30.6. The Hall–Kier alpha value is -4.82. The van der Waals surface area contributed by atoms with E-state index in [4.69, 9.17) is 30.9 Å². The van der Waals surface area contributed by atoms with E-state index in [1.165, 1.54) is 0 Å². The summed E-state index contributed by atoms with van der Waals surface area (Å²) in [5, 5.41) is 8.82. The molecule has 2 heterocycles. The molecule has 4 aromatic rings. The normalized spacial score (nSPS) is 13.5. The fraction of sp³-hybridized carbons (Fsp3) is 0.229. The average Bonchev–Trinajstić information content (AvgIpc) is 3.46. The molecule has 44 heavy (non-hydrogen) atoms. The van der Waals surface area contributed by atoms with Gasteiger partial charge in [0.15, 0.2) is 0 Å². The molecule has 0 unspecified atom stereocenters. The quantitative estimate of drug-likeness (QED) is 0.191. The summed E-state index contributed by atoms with van der Waals surface area (Å²) in [5.74, 6) is -1.17. The number of halogens is 1. The molecule has 0 amide bonds. The fourth-order valence-electron chi connectivity index (χ4n) is 5.29. The molecule has 0 atom stereocenters. The largest absolute Gasteiger partial charge is 0.489 e. The Balaban J connectivity index is 1.62. The second kappa shape index (κ2) is 13.7. The number of carbonyl (C=O) groups excluding carboxylic acids is 2. The molecule has 0 bridgehead atoms. The Labute approximate surface area is 261 Å². The molecule has 8 nitrogen and oxygen atoms in total. The lowest BCUT2D eigenvalue weighted by molar-refractivity contribution is -0.139. The van der Waals surface area contributed by atoms with E-state index in [0.29, 0.717) is 51.2 Å². The van der Waals surface area contributed by atoms with Crippen molar-refractivity contribution < 1.29 is 23.8 Å². The van der Waals surface area contributed by atoms with E-state index >= 15 is 0 Å². The second-order valence-electron chi connectivity index (χ2n) is 10.2. The lowest BCUT2D eigenvalue weighted by atomic mass is 9.79. The number of dihydropyridines is 1. The van der Waals surface area contributed by atoms with Crippen molar-refractivity contribution in [2.45, 2.75) is 40.2 Å². The number of rotatable bonds is 10. The molecule has 0 saturated heterocycles. The van der Waals surface area contributed by atoms with Crippen LogP contribution in [0.25, 0.3) is 16.9 Å². The van der Waals surface area contributed by atoms with E-state index in [-0.39, 0.29) is 13.2 Å². The first-order valence-corrected chi connectivity index (χ1v) is 14.8. The predicted molar refractivity (Wildman–Crippen MR) is 169 cm³/mol. The van der Waals surface area contributed by atoms with Gasteiger partial charge in [0.1, 0.15) is 12.4 Å². The van der Waals surface area contributed by atoms with Gasteiger partial charge in [0.2, 0.25) is 0 Å². The number of hydrogen-bond donors (Lipinski definition) is 1. The van der Waals surface area contributed by atoms with Crippen molar-refractivity contribution in [1.82, 2.24) is 15.1 Å². The number of esters is 2. The van der Waals surface area contributed by atoms with Gasteiger partial charge < -0.3 is 19.5 Å². The first-order valence-electron chi connectivity index (χ1n) is 14.5. The van der Waals surface area contributed by atoms with Crippen LogP contribution in [-0.2, 0) is 25.7 Å². The average molecular weight is 612 g/mol. The lowest BCUT2D eigenvalue weighted by Crippen LogP contribution is -2.32. The van der Waals surface area contributed by atoms with Crippen LogP contribution in [0.1, 0.15) is 44.7 Å². The van der Waals surface area contributed by atoms with Crippen LogP contribution < -0.4 is 10.1 Å². The highest BCUT2D eigenvalue weighted by Crippen LogP contribution is 2.43. The van der Waals surface area contributed by atoms with Crippen LogP contribution in [0.4, 0.5) is 0 Å². The standard InChI is InChI=1S/C35H34ClN3O5/c1-5-42-34(40)30-22(3)37-23(4)31(35(41)43-6-2)32(30)28-20-39(26-13-8-7-9-14-26)38-33(28)24-16-18-27(19-17-24)44-21-25-12-10-11-15-29(25)36/h7-20,32,37H,5-6,21H2,1-4H3. The van der Waals surface area contributed by atoms with Crippen LogP contribution in [0.15, 0.2) is 108 Å². The molecule has 3 aromatic carbocycles. The summed E-state index contributed by atoms with van der Waals surface area (Å²) in [7, 11) is 0. The Morgan fingerprint density at radius 3 is 2.02 bits per heavy atom. The van der Waals surface area contributed by atoms with Crippen LogP contribution >= 0.6 is 11.6 Å². The van der Waals surface area contributed by atoms with Crippen LogP contribution in [0, 0.1) is 0 Å². The molecular formula is C35H34ClN3O5. The Morgan fingerprint density at radius 2 is 1.43 bits per heavy atom. The van der Waals surface area contributed by atoms with E-state index in [0.717, 1.165) is 16.8 Å². The molecule has 0 saturated carbocycles. The molecule has 226 valence electrons. The molecule has 0 spiro atoms. The Bertz CT molecular complexity index is 1680. The SMILES string of the molecule is CCOC(=O)C1=C(C)NC(C)=C(C(=O)OCC)C1c1cn(-c2ccccc2)nc1-c1ccc(OCc2ccccc2Cl)cc1. The Morgan fingerprint density at radius 1 is 0.841 bits per heavy atom. The highest BCUT2D eigenvalue weighted by molar-refractivity contribution is 6.31. The minimum absolute atomic E-state index is 0.186. The summed E-state index contributed by atoms with van der Waals surface area (Å²) < 4.78 is 18.7. The minimum atomic E-state index is -0.794. The Kier molecular flexibility index (Phi) is 9.50. The van der Waals surface area contributed by atoms with Crippen LogP contribution in [-0.4, -0.2) is 34.9 Å². The zero-order valence-electron chi connectivity index (χ0n) is 25.1. The van der Waals surface area contributed by atoms with Gasteiger partial charge in [0, 0.05) is 39.3 Å². The molecule has 5 rings (SSSR count). The maximum Gasteiger partial charge on any atom is 0.336 e. The monoisotopic (exact) mass is 611 g/mol. The number of nitrogens with one attached hydrogen (secondary N) is 1. The zero-order valence-corrected chi connectivity index (χ0v) is 25.9. The number of para-hydroxylation sites is 1. The van der Waals surface area contributed by atoms with Gasteiger partial charge in [0.05, 0.1) is 41.7 Å². The third-order valence-corrected chi connectivity index (χ3v) is 7.67. The number of nitrogens with zero attached hydrogens (tertiary/aromatic N) is 2. The van der Waals surface area contributed by atoms with Gasteiger partial charge in [-0.15, -0.1) is 0 Å². The number of aromatic nitrogens is 2. The molecule has 1 N–H and O–H groups in total. The molecule has 0 radical (unpaired) electrons. The number of hydrogen-bond acceptors (Lipinski definition) is 7. The molecule has 0 aliphatic carbocycles. The highest BCUT2D eigenvalue weighted by Gasteiger charge is 2.40. The van der Waals surface area contributed by atoms with Gasteiger partial charge in [-0.1, -0.05) is 48.0 Å². The predicted octanol–water partition coefficient (Wildman–Crippen LogP) is 7.13. The van der Waals surface area contributed by atoms with Gasteiger partial charge in [-0.05, 0) is 70.2 Å². The molecule has 9 heteroatoms. The fourth-order valence-corrected chi connectivity index (χ4v) is 5.48. The van der Waals surface area contributed by atoms with E-state index in [1.54, 1.807) is 32.4 Å². The van der Waals surface area contributed by atoms with Crippen LogP contribution in [0.2, 0.25) is 5.02 Å². The van der Waals surface area contributed by atoms with Crippen molar-refractivity contribution in [2.75, 3.05) is 13.2 Å². The van der Waals surface area contributed by atoms with E-state index < -0.39 is 17.9 Å². The summed E-state index contributed by atoms with van der Waals surface area (Å²) in [5.41, 5.74) is 5.60. The number of allylic oxidation sites excluding steroid dienone is 2.